The fraction of sp³-hybridized carbons (Fsp3) is 0.100. The van der Waals surface area contributed by atoms with Crippen molar-refractivity contribution in [1.29, 1.82) is 0 Å². The Bertz CT molecular complexity index is 500. The fourth-order valence-corrected chi connectivity index (χ4v) is 0.981. The molecule has 0 saturated heterocycles. The van der Waals surface area contributed by atoms with E-state index in [-0.39, 0.29) is 11.3 Å². The topological polar surface area (TPSA) is 78.3 Å². The van der Waals surface area contributed by atoms with Crippen LogP contribution in [-0.4, -0.2) is 12.3 Å². The van der Waals surface area contributed by atoms with Crippen molar-refractivity contribution in [2.24, 2.45) is 5.73 Å². The zero-order valence-corrected chi connectivity index (χ0v) is 8.34. The van der Waals surface area contributed by atoms with Crippen molar-refractivity contribution in [3.8, 4) is 17.6 Å². The van der Waals surface area contributed by atoms with E-state index in [9.17, 15) is 18.0 Å². The molecule has 4 N–H and O–H groups in total. The Balaban J connectivity index is 2.96. The van der Waals surface area contributed by atoms with Crippen molar-refractivity contribution in [2.75, 3.05) is 5.73 Å². The van der Waals surface area contributed by atoms with Crippen molar-refractivity contribution < 1.29 is 22.7 Å². The van der Waals surface area contributed by atoms with Crippen LogP contribution in [0.4, 0.5) is 18.9 Å². The second-order valence-electron chi connectivity index (χ2n) is 2.91. The number of alkyl halides is 3. The average Bonchev–Trinajstić information content (AvgIpc) is 2.13. The molecule has 0 aliphatic heterocycles. The summed E-state index contributed by atoms with van der Waals surface area (Å²) in [7, 11) is 0. The Hall–Kier alpha value is -2.36. The van der Waals surface area contributed by atoms with Gasteiger partial charge >= 0.3 is 6.36 Å². The van der Waals surface area contributed by atoms with Gasteiger partial charge in [0.05, 0.1) is 5.69 Å². The Kier molecular flexibility index (Phi) is 3.48. The minimum Gasteiger partial charge on any atom is -0.406 e. The molecule has 1 rings (SSSR count). The van der Waals surface area contributed by atoms with Crippen molar-refractivity contribution in [1.82, 2.24) is 0 Å². The molecule has 0 fully saturated rings. The monoisotopic (exact) mass is 244 g/mol. The van der Waals surface area contributed by atoms with Crippen molar-refractivity contribution >= 4 is 11.6 Å². The lowest BCUT2D eigenvalue weighted by Crippen LogP contribution is -2.17. The Morgan fingerprint density at radius 3 is 2.47 bits per heavy atom. The highest BCUT2D eigenvalue weighted by Gasteiger charge is 2.31. The molecule has 7 heteroatoms. The molecule has 0 aliphatic rings. The van der Waals surface area contributed by atoms with Crippen LogP contribution >= 0.6 is 0 Å². The van der Waals surface area contributed by atoms with Crippen LogP contribution in [-0.2, 0) is 4.79 Å². The molecule has 0 spiro atoms. The van der Waals surface area contributed by atoms with Gasteiger partial charge in [-0.05, 0) is 12.1 Å². The third-order valence-corrected chi connectivity index (χ3v) is 1.58. The zero-order valence-electron chi connectivity index (χ0n) is 8.34. The van der Waals surface area contributed by atoms with Crippen molar-refractivity contribution in [3.05, 3.63) is 23.8 Å². The van der Waals surface area contributed by atoms with Crippen molar-refractivity contribution in [2.45, 2.75) is 6.36 Å². The zero-order chi connectivity index (χ0) is 13.1. The number of rotatable bonds is 1. The highest BCUT2D eigenvalue weighted by atomic mass is 19.4. The van der Waals surface area contributed by atoms with Gasteiger partial charge in [-0.1, -0.05) is 5.92 Å². The van der Waals surface area contributed by atoms with Crippen LogP contribution in [0, 0.1) is 11.8 Å². The Morgan fingerprint density at radius 1 is 1.35 bits per heavy atom. The summed E-state index contributed by atoms with van der Waals surface area (Å²) in [6, 6.07) is 3.19. The number of amides is 1. The number of carbonyl (C=O) groups excluding carboxylic acids is 1. The molecular weight excluding hydrogens is 237 g/mol. The highest BCUT2D eigenvalue weighted by Crippen LogP contribution is 2.25. The predicted molar refractivity (Wildman–Crippen MR) is 53.6 cm³/mol. The quantitative estimate of drug-likeness (QED) is 0.571. The lowest BCUT2D eigenvalue weighted by Gasteiger charge is -2.09. The van der Waals surface area contributed by atoms with Gasteiger partial charge in [-0.2, -0.15) is 0 Å². The van der Waals surface area contributed by atoms with E-state index in [0.29, 0.717) is 0 Å². The van der Waals surface area contributed by atoms with E-state index in [1.54, 1.807) is 0 Å². The number of hydrogen-bond donors (Lipinski definition) is 2. The summed E-state index contributed by atoms with van der Waals surface area (Å²) in [5.41, 5.74) is 10.4. The lowest BCUT2D eigenvalue weighted by molar-refractivity contribution is -0.274. The van der Waals surface area contributed by atoms with Crippen LogP contribution in [0.1, 0.15) is 5.56 Å². The number of hydrogen-bond acceptors (Lipinski definition) is 3. The molecule has 0 saturated carbocycles. The van der Waals surface area contributed by atoms with Gasteiger partial charge in [0.1, 0.15) is 5.75 Å². The predicted octanol–water partition coefficient (Wildman–Crippen LogP) is 1.00. The summed E-state index contributed by atoms with van der Waals surface area (Å²) in [6.07, 6.45) is -4.78. The first-order valence-corrected chi connectivity index (χ1v) is 4.24. The van der Waals surface area contributed by atoms with E-state index in [4.69, 9.17) is 11.5 Å². The molecule has 0 atom stereocenters. The third-order valence-electron chi connectivity index (χ3n) is 1.58. The van der Waals surface area contributed by atoms with Crippen LogP contribution in [0.25, 0.3) is 0 Å². The number of halogens is 3. The van der Waals surface area contributed by atoms with Gasteiger partial charge in [0, 0.05) is 17.6 Å². The molecular formula is C10H7F3N2O2. The molecule has 0 unspecified atom stereocenters. The normalized spacial score (nSPS) is 10.3. The summed E-state index contributed by atoms with van der Waals surface area (Å²) >= 11 is 0. The third kappa shape index (κ3) is 4.34. The smallest absolute Gasteiger partial charge is 0.406 e. The largest absolute Gasteiger partial charge is 0.573 e. The molecule has 4 nitrogen and oxygen atoms in total. The van der Waals surface area contributed by atoms with E-state index < -0.39 is 18.0 Å². The summed E-state index contributed by atoms with van der Waals surface area (Å²) in [5.74, 6) is 3.01. The van der Waals surface area contributed by atoms with Crippen LogP contribution in [0.2, 0.25) is 0 Å². The maximum absolute atomic E-state index is 11.9. The summed E-state index contributed by atoms with van der Waals surface area (Å²) in [5, 5.41) is 0. The number of anilines is 1. The highest BCUT2D eigenvalue weighted by molar-refractivity contribution is 5.92. The SMILES string of the molecule is NC(=O)C#Cc1ccc(OC(F)(F)F)cc1N. The Morgan fingerprint density at radius 2 is 2.00 bits per heavy atom. The van der Waals surface area contributed by atoms with Gasteiger partial charge in [0.15, 0.2) is 0 Å². The minimum absolute atomic E-state index is 0.0412. The molecule has 1 amide bonds. The standard InChI is InChI=1S/C10H7F3N2O2/c11-10(12,13)17-7-3-1-6(8(14)5-7)2-4-9(15)16/h1,3,5H,14H2,(H2,15,16). The first-order chi connectivity index (χ1) is 7.78. The Labute approximate surface area is 94.3 Å². The van der Waals surface area contributed by atoms with Crippen LogP contribution in [0.5, 0.6) is 5.75 Å². The number of nitrogen functional groups attached to an aromatic ring is 1. The number of nitrogens with two attached hydrogens (primary N) is 2. The molecule has 0 heterocycles. The summed E-state index contributed by atoms with van der Waals surface area (Å²) < 4.78 is 39.3. The van der Waals surface area contributed by atoms with E-state index in [0.717, 1.165) is 12.1 Å². The second-order valence-corrected chi connectivity index (χ2v) is 2.91. The van der Waals surface area contributed by atoms with Gasteiger partial charge < -0.3 is 16.2 Å². The molecule has 90 valence electrons. The maximum atomic E-state index is 11.9. The number of carbonyl (C=O) groups is 1. The van der Waals surface area contributed by atoms with Crippen LogP contribution < -0.4 is 16.2 Å². The van der Waals surface area contributed by atoms with E-state index in [1.165, 1.54) is 6.07 Å². The lowest BCUT2D eigenvalue weighted by atomic mass is 10.2. The molecule has 1 aromatic carbocycles. The molecule has 0 aromatic heterocycles. The first-order valence-electron chi connectivity index (χ1n) is 4.24. The van der Waals surface area contributed by atoms with Gasteiger partial charge in [0.2, 0.25) is 0 Å². The first kappa shape index (κ1) is 12.7. The minimum atomic E-state index is -4.78. The molecule has 17 heavy (non-hydrogen) atoms. The molecule has 0 aliphatic carbocycles. The fourth-order valence-electron chi connectivity index (χ4n) is 0.981. The second kappa shape index (κ2) is 4.65. The van der Waals surface area contributed by atoms with Gasteiger partial charge in [-0.15, -0.1) is 13.2 Å². The molecule has 0 bridgehead atoms. The summed E-state index contributed by atoms with van der Waals surface area (Å²) in [6.45, 7) is 0. The number of primary amides is 1. The van der Waals surface area contributed by atoms with Crippen LogP contribution in [0.15, 0.2) is 18.2 Å². The van der Waals surface area contributed by atoms with Crippen LogP contribution in [0.3, 0.4) is 0 Å². The van der Waals surface area contributed by atoms with E-state index >= 15 is 0 Å². The van der Waals surface area contributed by atoms with Gasteiger partial charge in [0.25, 0.3) is 5.91 Å². The van der Waals surface area contributed by atoms with Gasteiger partial charge in [-0.3, -0.25) is 4.79 Å². The number of benzene rings is 1. The van der Waals surface area contributed by atoms with E-state index in [2.05, 4.69) is 10.7 Å². The molecule has 1 aromatic rings. The van der Waals surface area contributed by atoms with Gasteiger partial charge in [-0.25, -0.2) is 0 Å². The molecule has 0 radical (unpaired) electrons. The average molecular weight is 244 g/mol. The summed E-state index contributed by atoms with van der Waals surface area (Å²) in [4.78, 5) is 10.4. The number of ether oxygens (including phenoxy) is 1. The van der Waals surface area contributed by atoms with E-state index in [1.807, 2.05) is 5.92 Å². The maximum Gasteiger partial charge on any atom is 0.573 e. The van der Waals surface area contributed by atoms with Crippen molar-refractivity contribution in [3.63, 3.8) is 0 Å².